The molecule has 23 heavy (non-hydrogen) atoms. The Hall–Kier alpha value is -1.62. The highest BCUT2D eigenvalue weighted by Crippen LogP contribution is 1.98. The van der Waals surface area contributed by atoms with E-state index in [1.54, 1.807) is 0 Å². The Kier molecular flexibility index (Phi) is 7.33. The SMILES string of the molecule is CCC[n+]1ccn(CCCCn2cc[n+](CN(CC)CC)c2)c1. The molecule has 0 N–H and O–H groups in total. The molecule has 2 rings (SSSR count). The topological polar surface area (TPSA) is 20.9 Å². The lowest BCUT2D eigenvalue weighted by Crippen LogP contribution is -2.42. The fraction of sp³-hybridized carbons (Fsp3) is 0.667. The Morgan fingerprint density at radius 3 is 1.96 bits per heavy atom. The monoisotopic (exact) mass is 319 g/mol. The van der Waals surface area contributed by atoms with Crippen LogP contribution in [0.3, 0.4) is 0 Å². The molecular weight excluding hydrogens is 286 g/mol. The van der Waals surface area contributed by atoms with Gasteiger partial charge in [0, 0.05) is 0 Å². The van der Waals surface area contributed by atoms with Crippen LogP contribution in [0, 0.1) is 0 Å². The molecule has 0 aromatic carbocycles. The number of nitrogens with zero attached hydrogens (tertiary/aromatic N) is 5. The van der Waals surface area contributed by atoms with E-state index < -0.39 is 0 Å². The molecular formula is C18H33N5+2. The lowest BCUT2D eigenvalue weighted by Gasteiger charge is -2.14. The molecule has 0 aliphatic heterocycles. The standard InChI is InChI=1S/C18H33N5/c1-4-9-20-12-13-21(17-20)10-7-8-11-22-14-15-23(18-22)16-19(5-2)6-3/h12-15,17-18H,4-11,16H2,1-3H3/q+2. The number of hydrogen-bond acceptors (Lipinski definition) is 1. The summed E-state index contributed by atoms with van der Waals surface area (Å²) >= 11 is 0. The van der Waals surface area contributed by atoms with Crippen LogP contribution in [0.1, 0.15) is 40.0 Å². The molecule has 2 aromatic heterocycles. The summed E-state index contributed by atoms with van der Waals surface area (Å²) in [7, 11) is 0. The molecule has 128 valence electrons. The molecule has 0 saturated carbocycles. The highest BCUT2D eigenvalue weighted by atomic mass is 15.3. The van der Waals surface area contributed by atoms with Crippen LogP contribution in [0.2, 0.25) is 0 Å². The lowest BCUT2D eigenvalue weighted by molar-refractivity contribution is -0.715. The highest BCUT2D eigenvalue weighted by molar-refractivity contribution is 4.68. The minimum Gasteiger partial charge on any atom is -0.268 e. The van der Waals surface area contributed by atoms with Gasteiger partial charge in [-0.2, -0.15) is 0 Å². The van der Waals surface area contributed by atoms with Crippen molar-refractivity contribution in [1.82, 2.24) is 14.0 Å². The van der Waals surface area contributed by atoms with E-state index in [4.69, 9.17) is 0 Å². The van der Waals surface area contributed by atoms with Gasteiger partial charge < -0.3 is 0 Å². The molecule has 5 heteroatoms. The lowest BCUT2D eigenvalue weighted by atomic mass is 10.3. The van der Waals surface area contributed by atoms with Crippen LogP contribution in [0.4, 0.5) is 0 Å². The highest BCUT2D eigenvalue weighted by Gasteiger charge is 2.08. The van der Waals surface area contributed by atoms with E-state index in [1.807, 2.05) is 0 Å². The maximum absolute atomic E-state index is 2.42. The van der Waals surface area contributed by atoms with E-state index in [1.165, 1.54) is 19.3 Å². The van der Waals surface area contributed by atoms with Crippen LogP contribution in [0.25, 0.3) is 0 Å². The quantitative estimate of drug-likeness (QED) is 0.459. The first-order chi connectivity index (χ1) is 11.2. The van der Waals surface area contributed by atoms with E-state index in [0.717, 1.165) is 39.4 Å². The molecule has 0 atom stereocenters. The van der Waals surface area contributed by atoms with Gasteiger partial charge in [-0.15, -0.1) is 0 Å². The van der Waals surface area contributed by atoms with E-state index >= 15 is 0 Å². The third-order valence-electron chi connectivity index (χ3n) is 4.31. The predicted octanol–water partition coefficient (Wildman–Crippen LogP) is 2.05. The number of unbranched alkanes of at least 4 members (excludes halogenated alkanes) is 1. The van der Waals surface area contributed by atoms with Crippen molar-refractivity contribution in [2.75, 3.05) is 13.1 Å². The van der Waals surface area contributed by atoms with Crippen molar-refractivity contribution < 1.29 is 9.13 Å². The Labute approximate surface area is 140 Å². The van der Waals surface area contributed by atoms with Gasteiger partial charge in [-0.25, -0.2) is 18.3 Å². The van der Waals surface area contributed by atoms with Crippen LogP contribution >= 0.6 is 0 Å². The zero-order valence-electron chi connectivity index (χ0n) is 15.1. The van der Waals surface area contributed by atoms with Gasteiger partial charge in [0.05, 0.1) is 19.6 Å². The summed E-state index contributed by atoms with van der Waals surface area (Å²) in [6.07, 6.45) is 16.8. The third kappa shape index (κ3) is 5.82. The van der Waals surface area contributed by atoms with Gasteiger partial charge in [-0.3, -0.25) is 4.90 Å². The molecule has 0 aliphatic carbocycles. The molecule has 0 fully saturated rings. The van der Waals surface area contributed by atoms with Crippen LogP contribution in [-0.4, -0.2) is 27.1 Å². The van der Waals surface area contributed by atoms with Crippen molar-refractivity contribution in [1.29, 1.82) is 0 Å². The number of rotatable bonds is 11. The molecule has 2 heterocycles. The molecule has 0 saturated heterocycles. The number of hydrogen-bond donors (Lipinski definition) is 0. The van der Waals surface area contributed by atoms with Gasteiger partial charge in [0.1, 0.15) is 31.5 Å². The van der Waals surface area contributed by atoms with E-state index in [-0.39, 0.29) is 0 Å². The second-order valence-corrected chi connectivity index (χ2v) is 6.21. The van der Waals surface area contributed by atoms with Gasteiger partial charge in [-0.05, 0) is 32.4 Å². The fourth-order valence-electron chi connectivity index (χ4n) is 2.86. The largest absolute Gasteiger partial charge is 0.268 e. The smallest absolute Gasteiger partial charge is 0.244 e. The summed E-state index contributed by atoms with van der Waals surface area (Å²) in [6, 6.07) is 0. The number of imidazole rings is 2. The van der Waals surface area contributed by atoms with Crippen LogP contribution in [0.5, 0.6) is 0 Å². The summed E-state index contributed by atoms with van der Waals surface area (Å²) in [5.41, 5.74) is 0. The Balaban J connectivity index is 1.68. The van der Waals surface area contributed by atoms with E-state index in [2.05, 4.69) is 81.4 Å². The van der Waals surface area contributed by atoms with Crippen molar-refractivity contribution in [3.05, 3.63) is 37.4 Å². The molecule has 0 bridgehead atoms. The van der Waals surface area contributed by atoms with Crippen LogP contribution in [-0.2, 0) is 26.3 Å². The van der Waals surface area contributed by atoms with Gasteiger partial charge in [0.25, 0.3) is 0 Å². The molecule has 0 radical (unpaired) electrons. The maximum Gasteiger partial charge on any atom is 0.244 e. The summed E-state index contributed by atoms with van der Waals surface area (Å²) < 4.78 is 9.14. The first-order valence-corrected chi connectivity index (χ1v) is 9.07. The average Bonchev–Trinajstić information content (AvgIpc) is 3.19. The number of aryl methyl sites for hydroxylation is 3. The maximum atomic E-state index is 2.42. The van der Waals surface area contributed by atoms with Crippen molar-refractivity contribution >= 4 is 0 Å². The molecule has 0 aliphatic rings. The molecule has 2 aromatic rings. The van der Waals surface area contributed by atoms with Crippen molar-refractivity contribution in [3.8, 4) is 0 Å². The normalized spacial score (nSPS) is 11.5. The second kappa shape index (κ2) is 9.50. The molecule has 0 unspecified atom stereocenters. The molecule has 0 spiro atoms. The zero-order valence-corrected chi connectivity index (χ0v) is 15.1. The summed E-state index contributed by atoms with van der Waals surface area (Å²) in [5, 5.41) is 0. The predicted molar refractivity (Wildman–Crippen MR) is 91.7 cm³/mol. The molecule has 5 nitrogen and oxygen atoms in total. The van der Waals surface area contributed by atoms with Crippen molar-refractivity contribution in [3.63, 3.8) is 0 Å². The van der Waals surface area contributed by atoms with Crippen LogP contribution in [0.15, 0.2) is 37.4 Å². The molecule has 0 amide bonds. The summed E-state index contributed by atoms with van der Waals surface area (Å²) in [5.74, 6) is 0. The first-order valence-electron chi connectivity index (χ1n) is 9.07. The second-order valence-electron chi connectivity index (χ2n) is 6.21. The Morgan fingerprint density at radius 2 is 1.39 bits per heavy atom. The van der Waals surface area contributed by atoms with Crippen LogP contribution < -0.4 is 9.13 Å². The first kappa shape index (κ1) is 17.7. The van der Waals surface area contributed by atoms with Gasteiger partial charge in [0.2, 0.25) is 12.7 Å². The van der Waals surface area contributed by atoms with Gasteiger partial charge in [-0.1, -0.05) is 20.8 Å². The van der Waals surface area contributed by atoms with Crippen molar-refractivity contribution in [2.45, 2.75) is 66.3 Å². The fourth-order valence-corrected chi connectivity index (χ4v) is 2.86. The average molecular weight is 319 g/mol. The van der Waals surface area contributed by atoms with Gasteiger partial charge >= 0.3 is 0 Å². The summed E-state index contributed by atoms with van der Waals surface area (Å²) in [6.45, 7) is 13.2. The van der Waals surface area contributed by atoms with Crippen molar-refractivity contribution in [2.24, 2.45) is 0 Å². The Bertz CT molecular complexity index is 553. The zero-order chi connectivity index (χ0) is 16.5. The number of aromatic nitrogens is 4. The minimum absolute atomic E-state index is 0.987. The minimum atomic E-state index is 0.987. The van der Waals surface area contributed by atoms with E-state index in [9.17, 15) is 0 Å². The summed E-state index contributed by atoms with van der Waals surface area (Å²) in [4.78, 5) is 2.42. The van der Waals surface area contributed by atoms with E-state index in [0.29, 0.717) is 0 Å². The third-order valence-corrected chi connectivity index (χ3v) is 4.31. The Morgan fingerprint density at radius 1 is 0.826 bits per heavy atom. The van der Waals surface area contributed by atoms with Gasteiger partial charge in [0.15, 0.2) is 0 Å².